The van der Waals surface area contributed by atoms with Crippen LogP contribution >= 0.6 is 0 Å². The Kier molecular flexibility index (Phi) is 6.09. The van der Waals surface area contributed by atoms with Gasteiger partial charge in [-0.05, 0) is 53.4 Å². The summed E-state index contributed by atoms with van der Waals surface area (Å²) in [4.78, 5) is 0. The Morgan fingerprint density at radius 3 is 2.21 bits per heavy atom. The van der Waals surface area contributed by atoms with Gasteiger partial charge in [0, 0.05) is 36.6 Å². The van der Waals surface area contributed by atoms with E-state index in [1.54, 1.807) is 0 Å². The third-order valence-electron chi connectivity index (χ3n) is 6.55. The second kappa shape index (κ2) is 9.48. The summed E-state index contributed by atoms with van der Waals surface area (Å²) in [5.74, 6) is 0.939. The number of fused-ring (bicyclic) bond motifs is 1. The lowest BCUT2D eigenvalue weighted by Crippen LogP contribution is -2.08. The highest BCUT2D eigenvalue weighted by Gasteiger charge is 2.28. The number of para-hydroxylation sites is 2. The summed E-state index contributed by atoms with van der Waals surface area (Å²) >= 11 is 0. The number of benzene rings is 4. The monoisotopic (exact) mass is 446 g/mol. The van der Waals surface area contributed by atoms with E-state index < -0.39 is 0 Å². The molecule has 0 unspecified atom stereocenters. The molecule has 0 saturated carbocycles. The molecule has 0 aliphatic carbocycles. The molecular weight excluding hydrogens is 416 g/mol. The highest BCUT2D eigenvalue weighted by molar-refractivity contribution is 5.94. The molecule has 3 nitrogen and oxygen atoms in total. The van der Waals surface area contributed by atoms with Gasteiger partial charge >= 0.3 is 0 Å². The normalized spacial score (nSPS) is 12.0. The van der Waals surface area contributed by atoms with Gasteiger partial charge in [0.15, 0.2) is 0 Å². The van der Waals surface area contributed by atoms with Crippen LogP contribution in [0.3, 0.4) is 0 Å². The average Bonchev–Trinajstić information content (AvgIpc) is 3.18. The molecule has 34 heavy (non-hydrogen) atoms. The number of nitrogens with zero attached hydrogens (tertiary/aromatic N) is 1. The van der Waals surface area contributed by atoms with Crippen LogP contribution in [0.2, 0.25) is 0 Å². The van der Waals surface area contributed by atoms with Gasteiger partial charge in [-0.3, -0.25) is 0 Å². The third kappa shape index (κ3) is 3.84. The first-order chi connectivity index (χ1) is 16.7. The number of hydrogen-bond donors (Lipinski definition) is 1. The van der Waals surface area contributed by atoms with E-state index in [9.17, 15) is 0 Å². The molecule has 1 N–H and O–H groups in total. The number of aryl methyl sites for hydroxylation is 1. The number of rotatable bonds is 7. The summed E-state index contributed by atoms with van der Waals surface area (Å²) in [5.41, 5.74) is 8.63. The lowest BCUT2D eigenvalue weighted by Gasteiger charge is -2.23. The maximum Gasteiger partial charge on any atom is 0.119 e. The summed E-state index contributed by atoms with van der Waals surface area (Å²) < 4.78 is 8.08. The molecule has 0 fully saturated rings. The van der Waals surface area contributed by atoms with Crippen molar-refractivity contribution in [2.75, 3.05) is 19.0 Å². The summed E-state index contributed by atoms with van der Waals surface area (Å²) in [6.07, 6.45) is 0. The molecule has 3 heteroatoms. The molecule has 1 aromatic heterocycles. The van der Waals surface area contributed by atoms with E-state index in [0.717, 1.165) is 11.4 Å². The van der Waals surface area contributed by atoms with Crippen LogP contribution in [0.5, 0.6) is 5.75 Å². The van der Waals surface area contributed by atoms with Crippen LogP contribution in [0.1, 0.15) is 29.5 Å². The van der Waals surface area contributed by atoms with Crippen molar-refractivity contribution in [2.24, 2.45) is 7.05 Å². The Bertz CT molecular complexity index is 1400. The Labute approximate surface area is 201 Å². The number of nitrogens with one attached hydrogen (secondary N) is 1. The number of ether oxygens (including phenoxy) is 1. The maximum atomic E-state index is 5.75. The maximum absolute atomic E-state index is 5.75. The topological polar surface area (TPSA) is 26.2 Å². The van der Waals surface area contributed by atoms with Crippen LogP contribution in [-0.4, -0.2) is 18.2 Å². The van der Waals surface area contributed by atoms with Crippen molar-refractivity contribution >= 4 is 16.6 Å². The molecule has 0 aliphatic heterocycles. The van der Waals surface area contributed by atoms with Gasteiger partial charge in [-0.1, -0.05) is 78.9 Å². The Morgan fingerprint density at radius 1 is 0.794 bits per heavy atom. The first-order valence-corrected chi connectivity index (χ1v) is 11.8. The number of hydrogen-bond acceptors (Lipinski definition) is 2. The van der Waals surface area contributed by atoms with Crippen LogP contribution in [0.4, 0.5) is 5.69 Å². The lowest BCUT2D eigenvalue weighted by atomic mass is 9.81. The predicted octanol–water partition coefficient (Wildman–Crippen LogP) is 7.47. The van der Waals surface area contributed by atoms with Gasteiger partial charge in [0.2, 0.25) is 0 Å². The fraction of sp³-hybridized carbons (Fsp3) is 0.161. The Hall–Kier alpha value is -3.98. The van der Waals surface area contributed by atoms with Crippen molar-refractivity contribution in [3.05, 3.63) is 120 Å². The van der Waals surface area contributed by atoms with Crippen LogP contribution in [-0.2, 0) is 7.05 Å². The molecular formula is C31H30N2O. The van der Waals surface area contributed by atoms with Crippen molar-refractivity contribution in [1.29, 1.82) is 0 Å². The molecule has 5 rings (SSSR count). The van der Waals surface area contributed by atoms with E-state index >= 15 is 0 Å². The molecule has 1 heterocycles. The minimum Gasteiger partial charge on any atom is -0.494 e. The lowest BCUT2D eigenvalue weighted by molar-refractivity contribution is 0.340. The zero-order valence-corrected chi connectivity index (χ0v) is 20.0. The number of aromatic nitrogens is 1. The average molecular weight is 447 g/mol. The van der Waals surface area contributed by atoms with Crippen molar-refractivity contribution in [3.63, 3.8) is 0 Å². The minimum atomic E-state index is 0.0423. The van der Waals surface area contributed by atoms with Gasteiger partial charge < -0.3 is 14.6 Å². The van der Waals surface area contributed by atoms with Crippen LogP contribution in [0.25, 0.3) is 22.2 Å². The number of anilines is 1. The second-order valence-electron chi connectivity index (χ2n) is 8.48. The van der Waals surface area contributed by atoms with Crippen molar-refractivity contribution in [3.8, 4) is 17.0 Å². The van der Waals surface area contributed by atoms with Gasteiger partial charge in [0.1, 0.15) is 5.75 Å². The quantitative estimate of drug-likeness (QED) is 0.281. The van der Waals surface area contributed by atoms with E-state index in [1.165, 1.54) is 38.9 Å². The molecule has 0 radical (unpaired) electrons. The van der Waals surface area contributed by atoms with Gasteiger partial charge in [-0.15, -0.1) is 0 Å². The Morgan fingerprint density at radius 2 is 1.47 bits per heavy atom. The second-order valence-corrected chi connectivity index (χ2v) is 8.48. The summed E-state index contributed by atoms with van der Waals surface area (Å²) in [6, 6.07) is 36.6. The van der Waals surface area contributed by atoms with E-state index in [0.29, 0.717) is 6.61 Å². The first-order valence-electron chi connectivity index (χ1n) is 11.8. The van der Waals surface area contributed by atoms with Crippen LogP contribution in [0, 0.1) is 0 Å². The standard InChI is InChI=1S/C31H30N2O/c1-4-34-24-20-18-22(19-21-24)29(25-14-8-10-16-27(25)32-2)30-26-15-9-11-17-28(26)33(3)31(30)23-12-6-5-7-13-23/h5-21,29,32H,4H2,1-3H3/t29-/m0/s1. The molecule has 0 saturated heterocycles. The molecule has 0 bridgehead atoms. The molecule has 0 spiro atoms. The summed E-state index contributed by atoms with van der Waals surface area (Å²) in [6.45, 7) is 2.68. The fourth-order valence-electron chi connectivity index (χ4n) is 5.06. The highest BCUT2D eigenvalue weighted by Crippen LogP contribution is 2.45. The molecule has 5 aromatic rings. The minimum absolute atomic E-state index is 0.0423. The zero-order chi connectivity index (χ0) is 23.5. The summed E-state index contributed by atoms with van der Waals surface area (Å²) in [7, 11) is 4.17. The van der Waals surface area contributed by atoms with Crippen molar-refractivity contribution in [1.82, 2.24) is 4.57 Å². The summed E-state index contributed by atoms with van der Waals surface area (Å²) in [5, 5.41) is 4.70. The Balaban J connectivity index is 1.85. The van der Waals surface area contributed by atoms with E-state index in [1.807, 2.05) is 14.0 Å². The predicted molar refractivity (Wildman–Crippen MR) is 143 cm³/mol. The first kappa shape index (κ1) is 21.8. The van der Waals surface area contributed by atoms with Gasteiger partial charge in [-0.2, -0.15) is 0 Å². The molecule has 0 aliphatic rings. The van der Waals surface area contributed by atoms with E-state index in [4.69, 9.17) is 4.74 Å². The van der Waals surface area contributed by atoms with Crippen molar-refractivity contribution < 1.29 is 4.74 Å². The smallest absolute Gasteiger partial charge is 0.119 e. The van der Waals surface area contributed by atoms with Crippen LogP contribution in [0.15, 0.2) is 103 Å². The SMILES string of the molecule is CCOc1ccc([C@@H](c2ccccc2NC)c2c(-c3ccccc3)n(C)c3ccccc23)cc1. The van der Waals surface area contributed by atoms with E-state index in [2.05, 4.69) is 120 Å². The van der Waals surface area contributed by atoms with Gasteiger partial charge in [0.05, 0.1) is 12.3 Å². The molecule has 1 atom stereocenters. The fourth-order valence-corrected chi connectivity index (χ4v) is 5.06. The van der Waals surface area contributed by atoms with Crippen LogP contribution < -0.4 is 10.1 Å². The molecule has 4 aromatic carbocycles. The highest BCUT2D eigenvalue weighted by atomic mass is 16.5. The van der Waals surface area contributed by atoms with Gasteiger partial charge in [-0.25, -0.2) is 0 Å². The third-order valence-corrected chi connectivity index (χ3v) is 6.55. The van der Waals surface area contributed by atoms with Gasteiger partial charge in [0.25, 0.3) is 0 Å². The largest absolute Gasteiger partial charge is 0.494 e. The molecule has 0 amide bonds. The molecule has 170 valence electrons. The van der Waals surface area contributed by atoms with Crippen molar-refractivity contribution in [2.45, 2.75) is 12.8 Å². The zero-order valence-electron chi connectivity index (χ0n) is 20.0. The van der Waals surface area contributed by atoms with E-state index in [-0.39, 0.29) is 5.92 Å².